The van der Waals surface area contributed by atoms with Gasteiger partial charge in [0.15, 0.2) is 15.6 Å². The maximum atomic E-state index is 13.8. The summed E-state index contributed by atoms with van der Waals surface area (Å²) in [5.41, 5.74) is 0.00925. The molecule has 0 aliphatic heterocycles. The second-order valence-corrected chi connectivity index (χ2v) is 7.65. The standard InChI is InChI=1S/C14H9BrClFO3S/c1-21(19,20)9-4-2-8(3-5-9)14(18)10-6-12(16)11(15)7-13(10)17/h2-7H,1H3. The van der Waals surface area contributed by atoms with E-state index in [-0.39, 0.29) is 21.0 Å². The molecule has 0 N–H and O–H groups in total. The number of ketones is 1. The second-order valence-electron chi connectivity index (χ2n) is 4.37. The maximum Gasteiger partial charge on any atom is 0.196 e. The van der Waals surface area contributed by atoms with Crippen LogP contribution in [0.3, 0.4) is 0 Å². The van der Waals surface area contributed by atoms with E-state index in [4.69, 9.17) is 11.6 Å². The number of benzene rings is 2. The first-order valence-electron chi connectivity index (χ1n) is 5.69. The Labute approximate surface area is 134 Å². The fraction of sp³-hybridized carbons (Fsp3) is 0.0714. The van der Waals surface area contributed by atoms with Gasteiger partial charge in [-0.05, 0) is 52.3 Å². The van der Waals surface area contributed by atoms with Gasteiger partial charge in [-0.3, -0.25) is 4.79 Å². The average molecular weight is 392 g/mol. The van der Waals surface area contributed by atoms with E-state index in [0.717, 1.165) is 12.3 Å². The van der Waals surface area contributed by atoms with Crippen LogP contribution in [-0.2, 0) is 9.84 Å². The van der Waals surface area contributed by atoms with Crippen molar-refractivity contribution in [2.24, 2.45) is 0 Å². The van der Waals surface area contributed by atoms with Gasteiger partial charge >= 0.3 is 0 Å². The molecule has 0 atom stereocenters. The second kappa shape index (κ2) is 5.87. The molecule has 110 valence electrons. The van der Waals surface area contributed by atoms with E-state index in [1.54, 1.807) is 0 Å². The maximum absolute atomic E-state index is 13.8. The lowest BCUT2D eigenvalue weighted by atomic mass is 10.0. The number of halogens is 3. The number of rotatable bonds is 3. The number of carbonyl (C=O) groups excluding carboxylic acids is 1. The van der Waals surface area contributed by atoms with Crippen molar-refractivity contribution in [1.82, 2.24) is 0 Å². The van der Waals surface area contributed by atoms with Crippen molar-refractivity contribution in [2.75, 3.05) is 6.26 Å². The molecular formula is C14H9BrClFO3S. The average Bonchev–Trinajstić information content (AvgIpc) is 2.41. The molecule has 0 spiro atoms. The lowest BCUT2D eigenvalue weighted by Crippen LogP contribution is -2.05. The first-order valence-corrected chi connectivity index (χ1v) is 8.76. The van der Waals surface area contributed by atoms with Gasteiger partial charge in [0, 0.05) is 16.3 Å². The minimum Gasteiger partial charge on any atom is -0.288 e. The Balaban J connectivity index is 2.44. The van der Waals surface area contributed by atoms with Crippen molar-refractivity contribution in [3.63, 3.8) is 0 Å². The predicted octanol–water partition coefficient (Wildman–Crippen LogP) is 3.88. The van der Waals surface area contributed by atoms with Gasteiger partial charge in [-0.15, -0.1) is 0 Å². The normalized spacial score (nSPS) is 11.4. The van der Waals surface area contributed by atoms with Gasteiger partial charge < -0.3 is 0 Å². The molecule has 0 saturated carbocycles. The molecule has 0 aromatic heterocycles. The largest absolute Gasteiger partial charge is 0.288 e. The van der Waals surface area contributed by atoms with Crippen molar-refractivity contribution in [1.29, 1.82) is 0 Å². The minimum absolute atomic E-state index is 0.0911. The molecule has 7 heteroatoms. The van der Waals surface area contributed by atoms with Gasteiger partial charge in [0.1, 0.15) is 5.82 Å². The van der Waals surface area contributed by atoms with E-state index in [0.29, 0.717) is 4.47 Å². The third-order valence-electron chi connectivity index (χ3n) is 2.80. The zero-order chi connectivity index (χ0) is 15.8. The van der Waals surface area contributed by atoms with Crippen molar-refractivity contribution in [2.45, 2.75) is 4.90 Å². The number of carbonyl (C=O) groups is 1. The molecular weight excluding hydrogens is 383 g/mol. The van der Waals surface area contributed by atoms with E-state index in [9.17, 15) is 17.6 Å². The van der Waals surface area contributed by atoms with Crippen molar-refractivity contribution < 1.29 is 17.6 Å². The van der Waals surface area contributed by atoms with Crippen molar-refractivity contribution >= 4 is 43.2 Å². The molecule has 0 fully saturated rings. The smallest absolute Gasteiger partial charge is 0.196 e. The molecule has 0 unspecified atom stereocenters. The molecule has 2 aromatic carbocycles. The van der Waals surface area contributed by atoms with Crippen LogP contribution in [0.4, 0.5) is 4.39 Å². The van der Waals surface area contributed by atoms with Crippen LogP contribution in [0.2, 0.25) is 5.02 Å². The first-order chi connectivity index (χ1) is 9.70. The molecule has 2 rings (SSSR count). The SMILES string of the molecule is CS(=O)(=O)c1ccc(C(=O)c2cc(Cl)c(Br)cc2F)cc1. The molecule has 0 radical (unpaired) electrons. The molecule has 21 heavy (non-hydrogen) atoms. The van der Waals surface area contributed by atoms with Gasteiger partial charge in [0.25, 0.3) is 0 Å². The van der Waals surface area contributed by atoms with Crippen molar-refractivity contribution in [3.05, 3.63) is 62.8 Å². The van der Waals surface area contributed by atoms with Gasteiger partial charge in [0.2, 0.25) is 0 Å². The first kappa shape index (κ1) is 16.1. The third kappa shape index (κ3) is 3.51. The van der Waals surface area contributed by atoms with Crippen LogP contribution in [0.5, 0.6) is 0 Å². The molecule has 0 saturated heterocycles. The van der Waals surface area contributed by atoms with Gasteiger partial charge in [-0.1, -0.05) is 11.6 Å². The molecule has 0 aliphatic rings. The fourth-order valence-electron chi connectivity index (χ4n) is 1.71. The topological polar surface area (TPSA) is 51.2 Å². The Bertz CT molecular complexity index is 817. The number of hydrogen-bond acceptors (Lipinski definition) is 3. The van der Waals surface area contributed by atoms with Crippen LogP contribution in [0.25, 0.3) is 0 Å². The highest BCUT2D eigenvalue weighted by molar-refractivity contribution is 9.10. The van der Waals surface area contributed by atoms with E-state index in [1.165, 1.54) is 30.3 Å². The van der Waals surface area contributed by atoms with Crippen LogP contribution in [0.15, 0.2) is 45.8 Å². The van der Waals surface area contributed by atoms with Crippen LogP contribution in [0.1, 0.15) is 15.9 Å². The summed E-state index contributed by atoms with van der Waals surface area (Å²) in [6.07, 6.45) is 1.07. The summed E-state index contributed by atoms with van der Waals surface area (Å²) in [7, 11) is -3.34. The quantitative estimate of drug-likeness (QED) is 0.589. The van der Waals surface area contributed by atoms with Crippen LogP contribution < -0.4 is 0 Å². The molecule has 0 bridgehead atoms. The van der Waals surface area contributed by atoms with Gasteiger partial charge in [-0.2, -0.15) is 0 Å². The van der Waals surface area contributed by atoms with Crippen LogP contribution in [-0.4, -0.2) is 20.5 Å². The summed E-state index contributed by atoms with van der Waals surface area (Å²) in [6, 6.07) is 7.64. The molecule has 0 amide bonds. The summed E-state index contributed by atoms with van der Waals surface area (Å²) in [5.74, 6) is -1.27. The summed E-state index contributed by atoms with van der Waals surface area (Å²) in [5, 5.41) is 0.215. The lowest BCUT2D eigenvalue weighted by Gasteiger charge is -2.06. The Morgan fingerprint density at radius 1 is 1.19 bits per heavy atom. The van der Waals surface area contributed by atoms with E-state index >= 15 is 0 Å². The molecule has 2 aromatic rings. The van der Waals surface area contributed by atoms with Gasteiger partial charge in [0.05, 0.1) is 15.5 Å². The summed E-state index contributed by atoms with van der Waals surface area (Å²) >= 11 is 8.92. The monoisotopic (exact) mass is 390 g/mol. The molecule has 0 aliphatic carbocycles. The fourth-order valence-corrected chi connectivity index (χ4v) is 2.82. The summed E-state index contributed by atoms with van der Waals surface area (Å²) < 4.78 is 36.9. The van der Waals surface area contributed by atoms with Crippen LogP contribution >= 0.6 is 27.5 Å². The molecule has 0 heterocycles. The zero-order valence-corrected chi connectivity index (χ0v) is 13.9. The zero-order valence-electron chi connectivity index (χ0n) is 10.7. The highest BCUT2D eigenvalue weighted by atomic mass is 79.9. The highest BCUT2D eigenvalue weighted by Crippen LogP contribution is 2.27. The molecule has 3 nitrogen and oxygen atoms in total. The van der Waals surface area contributed by atoms with Gasteiger partial charge in [-0.25, -0.2) is 12.8 Å². The summed E-state index contributed by atoms with van der Waals surface area (Å²) in [4.78, 5) is 12.3. The van der Waals surface area contributed by atoms with Crippen LogP contribution in [0, 0.1) is 5.82 Å². The number of hydrogen-bond donors (Lipinski definition) is 0. The minimum atomic E-state index is -3.34. The predicted molar refractivity (Wildman–Crippen MR) is 82.1 cm³/mol. The van der Waals surface area contributed by atoms with E-state index in [2.05, 4.69) is 15.9 Å². The highest BCUT2D eigenvalue weighted by Gasteiger charge is 2.17. The van der Waals surface area contributed by atoms with Crippen molar-refractivity contribution in [3.8, 4) is 0 Å². The van der Waals surface area contributed by atoms with E-state index in [1.807, 2.05) is 0 Å². The Morgan fingerprint density at radius 2 is 1.76 bits per heavy atom. The Hall–Kier alpha value is -1.24. The summed E-state index contributed by atoms with van der Waals surface area (Å²) in [6.45, 7) is 0. The third-order valence-corrected chi connectivity index (χ3v) is 5.12. The Kier molecular flexibility index (Phi) is 4.51. The number of sulfone groups is 1. The van der Waals surface area contributed by atoms with E-state index < -0.39 is 21.4 Å². The lowest BCUT2D eigenvalue weighted by molar-refractivity contribution is 0.103. The Morgan fingerprint density at radius 3 is 2.29 bits per heavy atom.